The third-order valence-corrected chi connectivity index (χ3v) is 6.26. The fraction of sp³-hybridized carbons (Fsp3) is 0.333. The molecule has 1 unspecified atom stereocenters. The number of thiophene rings is 1. The van der Waals surface area contributed by atoms with E-state index in [2.05, 4.69) is 57.1 Å². The topological polar surface area (TPSA) is 12.0 Å². The highest BCUT2D eigenvalue weighted by Crippen LogP contribution is 2.34. The molecule has 1 heterocycles. The van der Waals surface area contributed by atoms with Crippen molar-refractivity contribution in [1.29, 1.82) is 0 Å². The van der Waals surface area contributed by atoms with Gasteiger partial charge in [-0.3, -0.25) is 0 Å². The number of nitrogens with one attached hydrogen (secondary N) is 1. The van der Waals surface area contributed by atoms with E-state index in [1.807, 2.05) is 6.07 Å². The van der Waals surface area contributed by atoms with Crippen LogP contribution in [-0.2, 0) is 6.42 Å². The largest absolute Gasteiger partial charge is 0.309 e. The summed E-state index contributed by atoms with van der Waals surface area (Å²) in [5.74, 6) is -0.207. The Morgan fingerprint density at radius 2 is 2.10 bits per heavy atom. The maximum Gasteiger partial charge on any atom is 0.137 e. The lowest BCUT2D eigenvalue weighted by molar-refractivity contribution is 0.552. The zero-order chi connectivity index (χ0) is 14.7. The number of hydrogen-bond acceptors (Lipinski definition) is 2. The number of rotatable bonds is 5. The predicted octanol–water partition coefficient (Wildman–Crippen LogP) is 5.61. The SMILES string of the molecule is CCNC(Cc1cccc(F)c1Br)c1cc(C)c(Br)s1. The quantitative estimate of drug-likeness (QED) is 0.662. The predicted molar refractivity (Wildman–Crippen MR) is 91.0 cm³/mol. The second-order valence-corrected chi connectivity index (χ2v) is 7.83. The third kappa shape index (κ3) is 3.70. The number of halogens is 3. The van der Waals surface area contributed by atoms with Gasteiger partial charge in [-0.05, 0) is 75.0 Å². The van der Waals surface area contributed by atoms with Crippen molar-refractivity contribution in [3.63, 3.8) is 0 Å². The Labute approximate surface area is 139 Å². The van der Waals surface area contributed by atoms with Crippen LogP contribution in [0.5, 0.6) is 0 Å². The Balaban J connectivity index is 2.27. The summed E-state index contributed by atoms with van der Waals surface area (Å²) in [6, 6.07) is 7.59. The normalized spacial score (nSPS) is 12.7. The molecule has 0 saturated heterocycles. The molecule has 2 aromatic rings. The Morgan fingerprint density at radius 1 is 1.35 bits per heavy atom. The van der Waals surface area contributed by atoms with Crippen molar-refractivity contribution in [1.82, 2.24) is 5.32 Å². The molecular formula is C15H16Br2FNS. The van der Waals surface area contributed by atoms with Crippen molar-refractivity contribution >= 4 is 43.2 Å². The van der Waals surface area contributed by atoms with Crippen molar-refractivity contribution < 1.29 is 4.39 Å². The Hall–Kier alpha value is -0.230. The van der Waals surface area contributed by atoms with E-state index in [1.165, 1.54) is 16.5 Å². The smallest absolute Gasteiger partial charge is 0.137 e. The molecule has 0 saturated carbocycles. The van der Waals surface area contributed by atoms with Gasteiger partial charge in [0.25, 0.3) is 0 Å². The van der Waals surface area contributed by atoms with E-state index in [0.717, 1.165) is 22.3 Å². The van der Waals surface area contributed by atoms with Gasteiger partial charge in [-0.1, -0.05) is 19.1 Å². The van der Waals surface area contributed by atoms with Crippen molar-refractivity contribution in [3.8, 4) is 0 Å². The monoisotopic (exact) mass is 419 g/mol. The molecular weight excluding hydrogens is 405 g/mol. The number of hydrogen-bond donors (Lipinski definition) is 1. The molecule has 1 atom stereocenters. The fourth-order valence-electron chi connectivity index (χ4n) is 2.10. The van der Waals surface area contributed by atoms with Crippen LogP contribution in [-0.4, -0.2) is 6.54 Å². The molecule has 5 heteroatoms. The summed E-state index contributed by atoms with van der Waals surface area (Å²) in [4.78, 5) is 1.27. The van der Waals surface area contributed by atoms with Crippen LogP contribution >= 0.6 is 43.2 Å². The van der Waals surface area contributed by atoms with Gasteiger partial charge in [-0.2, -0.15) is 0 Å². The first-order valence-corrected chi connectivity index (χ1v) is 8.85. The highest BCUT2D eigenvalue weighted by Gasteiger charge is 2.17. The average Bonchev–Trinajstić information content (AvgIpc) is 2.74. The molecule has 0 fully saturated rings. The lowest BCUT2D eigenvalue weighted by atomic mass is 10.0. The summed E-state index contributed by atoms with van der Waals surface area (Å²) in [7, 11) is 0. The molecule has 0 bridgehead atoms. The van der Waals surface area contributed by atoms with E-state index < -0.39 is 0 Å². The van der Waals surface area contributed by atoms with E-state index in [1.54, 1.807) is 17.4 Å². The zero-order valence-electron chi connectivity index (χ0n) is 11.3. The molecule has 1 aromatic heterocycles. The van der Waals surface area contributed by atoms with Crippen LogP contribution in [0.3, 0.4) is 0 Å². The lowest BCUT2D eigenvalue weighted by Crippen LogP contribution is -2.22. The molecule has 2 rings (SSSR count). The molecule has 0 amide bonds. The van der Waals surface area contributed by atoms with Gasteiger partial charge in [-0.15, -0.1) is 11.3 Å². The van der Waals surface area contributed by atoms with Gasteiger partial charge in [0, 0.05) is 10.9 Å². The van der Waals surface area contributed by atoms with Crippen LogP contribution in [0.4, 0.5) is 4.39 Å². The van der Waals surface area contributed by atoms with Gasteiger partial charge in [-0.25, -0.2) is 4.39 Å². The second kappa shape index (κ2) is 7.16. The molecule has 0 aliphatic rings. The van der Waals surface area contributed by atoms with Crippen LogP contribution in [0.2, 0.25) is 0 Å². The zero-order valence-corrected chi connectivity index (χ0v) is 15.3. The number of benzene rings is 1. The molecule has 1 N–H and O–H groups in total. The third-order valence-electron chi connectivity index (χ3n) is 3.13. The molecule has 20 heavy (non-hydrogen) atoms. The van der Waals surface area contributed by atoms with Gasteiger partial charge in [0.15, 0.2) is 0 Å². The van der Waals surface area contributed by atoms with E-state index in [0.29, 0.717) is 4.47 Å². The Morgan fingerprint density at radius 3 is 2.70 bits per heavy atom. The van der Waals surface area contributed by atoms with Crippen LogP contribution in [0.15, 0.2) is 32.5 Å². The summed E-state index contributed by atoms with van der Waals surface area (Å²) in [5.41, 5.74) is 2.23. The Bertz CT molecular complexity index is 578. The summed E-state index contributed by atoms with van der Waals surface area (Å²) in [6.45, 7) is 5.06. The van der Waals surface area contributed by atoms with Crippen molar-refractivity contribution in [2.45, 2.75) is 26.3 Å². The standard InChI is InChI=1S/C15H16Br2FNS/c1-3-19-12(13-7-9(2)15(17)20-13)8-10-5-4-6-11(18)14(10)16/h4-7,12,19H,3,8H2,1-2H3. The minimum absolute atomic E-state index is 0.202. The minimum Gasteiger partial charge on any atom is -0.309 e. The molecule has 0 aliphatic heterocycles. The van der Waals surface area contributed by atoms with Crippen molar-refractivity contribution in [2.75, 3.05) is 6.54 Å². The molecule has 0 spiro atoms. The Kier molecular flexibility index (Phi) is 5.78. The van der Waals surface area contributed by atoms with Gasteiger partial charge < -0.3 is 5.32 Å². The molecule has 108 valence electrons. The van der Waals surface area contributed by atoms with E-state index >= 15 is 0 Å². The van der Waals surface area contributed by atoms with Crippen LogP contribution in [0.25, 0.3) is 0 Å². The van der Waals surface area contributed by atoms with Crippen LogP contribution < -0.4 is 5.32 Å². The van der Waals surface area contributed by atoms with Gasteiger partial charge >= 0.3 is 0 Å². The number of aryl methyl sites for hydroxylation is 1. The summed E-state index contributed by atoms with van der Waals surface area (Å²) >= 11 is 8.65. The maximum absolute atomic E-state index is 13.6. The molecule has 0 aliphatic carbocycles. The first-order chi connectivity index (χ1) is 9.52. The molecule has 0 radical (unpaired) electrons. The maximum atomic E-state index is 13.6. The summed E-state index contributed by atoms with van der Waals surface area (Å²) in [6.07, 6.45) is 0.762. The first-order valence-electron chi connectivity index (χ1n) is 6.45. The van der Waals surface area contributed by atoms with Gasteiger partial charge in [0.05, 0.1) is 8.26 Å². The van der Waals surface area contributed by atoms with Crippen LogP contribution in [0, 0.1) is 12.7 Å². The highest BCUT2D eigenvalue weighted by molar-refractivity contribution is 9.11. The summed E-state index contributed by atoms with van der Waals surface area (Å²) in [5, 5.41) is 3.48. The van der Waals surface area contributed by atoms with Crippen molar-refractivity contribution in [2.24, 2.45) is 0 Å². The highest BCUT2D eigenvalue weighted by atomic mass is 79.9. The van der Waals surface area contributed by atoms with E-state index in [-0.39, 0.29) is 11.9 Å². The first kappa shape index (κ1) is 16.1. The van der Waals surface area contributed by atoms with E-state index in [9.17, 15) is 4.39 Å². The minimum atomic E-state index is -0.207. The van der Waals surface area contributed by atoms with E-state index in [4.69, 9.17) is 0 Å². The molecule has 1 nitrogen and oxygen atoms in total. The summed E-state index contributed by atoms with van der Waals surface area (Å²) < 4.78 is 15.3. The van der Waals surface area contributed by atoms with Gasteiger partial charge in [0.2, 0.25) is 0 Å². The van der Waals surface area contributed by atoms with Crippen molar-refractivity contribution in [3.05, 3.63) is 54.3 Å². The second-order valence-electron chi connectivity index (χ2n) is 4.63. The average molecular weight is 421 g/mol. The number of likely N-dealkylation sites (N-methyl/N-ethyl adjacent to an activating group) is 1. The fourth-order valence-corrected chi connectivity index (χ4v) is 4.17. The van der Waals surface area contributed by atoms with Gasteiger partial charge in [0.1, 0.15) is 5.82 Å². The lowest BCUT2D eigenvalue weighted by Gasteiger charge is -2.17. The molecule has 1 aromatic carbocycles. The van der Waals surface area contributed by atoms with Crippen LogP contribution in [0.1, 0.15) is 29.0 Å².